The maximum absolute atomic E-state index is 6.11. The van der Waals surface area contributed by atoms with E-state index >= 15 is 0 Å². The van der Waals surface area contributed by atoms with Gasteiger partial charge in [0.05, 0.1) is 6.61 Å². The van der Waals surface area contributed by atoms with Crippen LogP contribution in [-0.4, -0.2) is 12.6 Å². The van der Waals surface area contributed by atoms with Crippen molar-refractivity contribution in [3.8, 4) is 11.5 Å². The summed E-state index contributed by atoms with van der Waals surface area (Å²) in [6.45, 7) is 4.72. The average molecular weight is 291 g/mol. The van der Waals surface area contributed by atoms with E-state index in [0.29, 0.717) is 6.61 Å². The molecule has 2 aromatic rings. The Kier molecular flexibility index (Phi) is 5.44. The summed E-state index contributed by atoms with van der Waals surface area (Å²) < 4.78 is 11.8. The minimum atomic E-state index is -0.160. The second kappa shape index (κ2) is 7.31. The number of hydrogen-bond donors (Lipinski definition) is 1. The van der Waals surface area contributed by atoms with Crippen LogP contribution in [0.1, 0.15) is 31.9 Å². The average Bonchev–Trinajstić information content (AvgIpc) is 2.97. The Bertz CT molecular complexity index is 511. The number of rotatable bonds is 7. The maximum Gasteiger partial charge on any atom is 0.162 e. The molecule has 3 nitrogen and oxygen atoms in total. The van der Waals surface area contributed by atoms with Crippen LogP contribution in [0, 0.1) is 0 Å². The summed E-state index contributed by atoms with van der Waals surface area (Å²) in [6, 6.07) is 9.70. The lowest BCUT2D eigenvalue weighted by Gasteiger charge is -2.23. The number of nitrogens with two attached hydrogens (primary N) is 1. The molecule has 0 aliphatic rings. The zero-order chi connectivity index (χ0) is 14.4. The minimum absolute atomic E-state index is 0.0937. The lowest BCUT2D eigenvalue weighted by molar-refractivity contribution is 0.170. The summed E-state index contributed by atoms with van der Waals surface area (Å²) in [7, 11) is 0. The standard InChI is InChI=1S/C16H21NO2S/c1-3-9-18-14-6-4-5-7-15(14)19-16(12(2)17)13-8-10-20-11-13/h4-8,10-12,16H,3,9,17H2,1-2H3. The molecule has 0 fully saturated rings. The summed E-state index contributed by atoms with van der Waals surface area (Å²) in [5, 5.41) is 4.11. The molecule has 2 unspecified atom stereocenters. The summed E-state index contributed by atoms with van der Waals surface area (Å²) in [6.07, 6.45) is 0.808. The summed E-state index contributed by atoms with van der Waals surface area (Å²) in [5.74, 6) is 1.52. The van der Waals surface area contributed by atoms with Gasteiger partial charge in [-0.15, -0.1) is 0 Å². The third-order valence-electron chi connectivity index (χ3n) is 2.91. The van der Waals surface area contributed by atoms with Gasteiger partial charge < -0.3 is 15.2 Å². The molecule has 0 saturated heterocycles. The van der Waals surface area contributed by atoms with Crippen molar-refractivity contribution in [2.24, 2.45) is 5.73 Å². The van der Waals surface area contributed by atoms with E-state index in [1.807, 2.05) is 42.6 Å². The number of hydrogen-bond acceptors (Lipinski definition) is 4. The van der Waals surface area contributed by atoms with Gasteiger partial charge in [0, 0.05) is 11.6 Å². The Labute approximate surface area is 124 Å². The Hall–Kier alpha value is -1.52. The molecule has 108 valence electrons. The fourth-order valence-corrected chi connectivity index (χ4v) is 2.62. The van der Waals surface area contributed by atoms with Crippen LogP contribution < -0.4 is 15.2 Å². The maximum atomic E-state index is 6.11. The molecule has 0 spiro atoms. The molecule has 1 aromatic carbocycles. The van der Waals surface area contributed by atoms with E-state index in [0.717, 1.165) is 23.5 Å². The van der Waals surface area contributed by atoms with Gasteiger partial charge in [-0.25, -0.2) is 0 Å². The largest absolute Gasteiger partial charge is 0.490 e. The SMILES string of the molecule is CCCOc1ccccc1OC(c1ccsc1)C(C)N. The fourth-order valence-electron chi connectivity index (χ4n) is 1.93. The van der Waals surface area contributed by atoms with Crippen LogP contribution in [0.15, 0.2) is 41.1 Å². The number of ether oxygens (including phenoxy) is 2. The molecule has 2 rings (SSSR count). The second-order valence-corrected chi connectivity index (χ2v) is 5.53. The molecule has 0 amide bonds. The highest BCUT2D eigenvalue weighted by atomic mass is 32.1. The van der Waals surface area contributed by atoms with Gasteiger partial charge in [0.1, 0.15) is 6.10 Å². The molecule has 4 heteroatoms. The fraction of sp³-hybridized carbons (Fsp3) is 0.375. The predicted molar refractivity (Wildman–Crippen MR) is 83.6 cm³/mol. The Morgan fingerprint density at radius 1 is 1.20 bits per heavy atom. The van der Waals surface area contributed by atoms with Crippen molar-refractivity contribution in [3.63, 3.8) is 0 Å². The topological polar surface area (TPSA) is 44.5 Å². The van der Waals surface area contributed by atoms with E-state index in [2.05, 4.69) is 12.3 Å². The molecule has 0 aliphatic heterocycles. The highest BCUT2D eigenvalue weighted by molar-refractivity contribution is 7.07. The number of para-hydroxylation sites is 2. The van der Waals surface area contributed by atoms with Gasteiger partial charge >= 0.3 is 0 Å². The number of benzene rings is 1. The van der Waals surface area contributed by atoms with Crippen LogP contribution in [0.3, 0.4) is 0 Å². The highest BCUT2D eigenvalue weighted by Crippen LogP contribution is 2.32. The molecule has 1 heterocycles. The highest BCUT2D eigenvalue weighted by Gasteiger charge is 2.20. The Morgan fingerprint density at radius 3 is 2.55 bits per heavy atom. The van der Waals surface area contributed by atoms with E-state index in [1.165, 1.54) is 0 Å². The van der Waals surface area contributed by atoms with Crippen LogP contribution in [0.4, 0.5) is 0 Å². The van der Waals surface area contributed by atoms with Gasteiger partial charge in [-0.1, -0.05) is 19.1 Å². The molecule has 0 bridgehead atoms. The normalized spacial score (nSPS) is 13.8. The first-order chi connectivity index (χ1) is 9.72. The molecule has 1 aromatic heterocycles. The summed E-state index contributed by atoms with van der Waals surface area (Å²) >= 11 is 1.65. The predicted octanol–water partition coefficient (Wildman–Crippen LogP) is 4.00. The van der Waals surface area contributed by atoms with E-state index < -0.39 is 0 Å². The van der Waals surface area contributed by atoms with Crippen molar-refractivity contribution in [2.75, 3.05) is 6.61 Å². The smallest absolute Gasteiger partial charge is 0.162 e. The van der Waals surface area contributed by atoms with Gasteiger partial charge in [-0.2, -0.15) is 11.3 Å². The molecular formula is C16H21NO2S. The van der Waals surface area contributed by atoms with Gasteiger partial charge in [0.15, 0.2) is 11.5 Å². The monoisotopic (exact) mass is 291 g/mol. The second-order valence-electron chi connectivity index (χ2n) is 4.75. The third kappa shape index (κ3) is 3.74. The van der Waals surface area contributed by atoms with Crippen molar-refractivity contribution >= 4 is 11.3 Å². The lowest BCUT2D eigenvalue weighted by atomic mass is 10.1. The summed E-state index contributed by atoms with van der Waals surface area (Å²) in [5.41, 5.74) is 7.17. The molecule has 2 atom stereocenters. The van der Waals surface area contributed by atoms with E-state index in [1.54, 1.807) is 11.3 Å². The molecule has 20 heavy (non-hydrogen) atoms. The van der Waals surface area contributed by atoms with Crippen molar-refractivity contribution in [1.82, 2.24) is 0 Å². The van der Waals surface area contributed by atoms with Gasteiger partial charge in [-0.05, 0) is 42.3 Å². The van der Waals surface area contributed by atoms with Crippen molar-refractivity contribution in [1.29, 1.82) is 0 Å². The first-order valence-electron chi connectivity index (χ1n) is 6.88. The molecular weight excluding hydrogens is 270 g/mol. The Balaban J connectivity index is 2.18. The third-order valence-corrected chi connectivity index (χ3v) is 3.62. The first kappa shape index (κ1) is 14.9. The Morgan fingerprint density at radius 2 is 1.95 bits per heavy atom. The molecule has 2 N–H and O–H groups in total. The van der Waals surface area contributed by atoms with Crippen LogP contribution in [0.25, 0.3) is 0 Å². The van der Waals surface area contributed by atoms with Crippen LogP contribution in [0.2, 0.25) is 0 Å². The van der Waals surface area contributed by atoms with Crippen LogP contribution in [-0.2, 0) is 0 Å². The van der Waals surface area contributed by atoms with Crippen molar-refractivity contribution in [3.05, 3.63) is 46.7 Å². The van der Waals surface area contributed by atoms with Gasteiger partial charge in [0.2, 0.25) is 0 Å². The van der Waals surface area contributed by atoms with Gasteiger partial charge in [0.25, 0.3) is 0 Å². The van der Waals surface area contributed by atoms with E-state index in [9.17, 15) is 0 Å². The van der Waals surface area contributed by atoms with Crippen molar-refractivity contribution in [2.45, 2.75) is 32.4 Å². The molecule has 0 aliphatic carbocycles. The van der Waals surface area contributed by atoms with Crippen LogP contribution in [0.5, 0.6) is 11.5 Å². The first-order valence-corrected chi connectivity index (χ1v) is 7.82. The minimum Gasteiger partial charge on any atom is -0.490 e. The number of thiophene rings is 1. The van der Waals surface area contributed by atoms with E-state index in [-0.39, 0.29) is 12.1 Å². The van der Waals surface area contributed by atoms with E-state index in [4.69, 9.17) is 15.2 Å². The van der Waals surface area contributed by atoms with Crippen LogP contribution >= 0.6 is 11.3 Å². The lowest BCUT2D eigenvalue weighted by Crippen LogP contribution is -2.28. The van der Waals surface area contributed by atoms with Gasteiger partial charge in [-0.3, -0.25) is 0 Å². The zero-order valence-corrected chi connectivity index (χ0v) is 12.7. The molecule has 0 radical (unpaired) electrons. The summed E-state index contributed by atoms with van der Waals surface area (Å²) in [4.78, 5) is 0. The van der Waals surface area contributed by atoms with Crippen molar-refractivity contribution < 1.29 is 9.47 Å². The zero-order valence-electron chi connectivity index (χ0n) is 11.9. The molecule has 0 saturated carbocycles. The quantitative estimate of drug-likeness (QED) is 0.838.